The van der Waals surface area contributed by atoms with Gasteiger partial charge in [-0.15, -0.1) is 0 Å². The quantitative estimate of drug-likeness (QED) is 0.861. The fraction of sp³-hybridized carbons (Fsp3) is 0.200. The van der Waals surface area contributed by atoms with Crippen molar-refractivity contribution < 1.29 is 0 Å². The SMILES string of the molecule is Clc1nccnc1NCCn1cccc1. The average Bonchev–Trinajstić information content (AvgIpc) is 2.74. The van der Waals surface area contributed by atoms with E-state index in [0.29, 0.717) is 11.0 Å². The Kier molecular flexibility index (Phi) is 3.19. The second-order valence-corrected chi connectivity index (χ2v) is 3.40. The molecular weight excluding hydrogens is 212 g/mol. The molecule has 0 amide bonds. The number of hydrogen-bond acceptors (Lipinski definition) is 3. The van der Waals surface area contributed by atoms with Crippen LogP contribution in [0.1, 0.15) is 0 Å². The first kappa shape index (κ1) is 9.98. The molecule has 4 nitrogen and oxygen atoms in total. The van der Waals surface area contributed by atoms with Crippen LogP contribution in [0.15, 0.2) is 36.9 Å². The zero-order valence-corrected chi connectivity index (χ0v) is 8.85. The number of halogens is 1. The van der Waals surface area contributed by atoms with E-state index in [2.05, 4.69) is 19.9 Å². The first-order chi connectivity index (χ1) is 7.36. The molecule has 0 atom stereocenters. The Morgan fingerprint density at radius 3 is 2.67 bits per heavy atom. The molecule has 0 fully saturated rings. The van der Waals surface area contributed by atoms with Crippen LogP contribution in [-0.2, 0) is 6.54 Å². The predicted octanol–water partition coefficient (Wildman–Crippen LogP) is 2.04. The summed E-state index contributed by atoms with van der Waals surface area (Å²) >= 11 is 5.84. The maximum atomic E-state index is 5.84. The Balaban J connectivity index is 1.86. The van der Waals surface area contributed by atoms with Gasteiger partial charge in [-0.3, -0.25) is 0 Å². The fourth-order valence-electron chi connectivity index (χ4n) is 1.26. The van der Waals surface area contributed by atoms with E-state index >= 15 is 0 Å². The van der Waals surface area contributed by atoms with Crippen molar-refractivity contribution in [2.75, 3.05) is 11.9 Å². The molecular formula is C10H11ClN4. The molecule has 0 aliphatic heterocycles. The topological polar surface area (TPSA) is 42.7 Å². The second-order valence-electron chi connectivity index (χ2n) is 3.04. The highest BCUT2D eigenvalue weighted by molar-refractivity contribution is 6.31. The lowest BCUT2D eigenvalue weighted by Crippen LogP contribution is -2.10. The van der Waals surface area contributed by atoms with Crippen LogP contribution in [0.4, 0.5) is 5.82 Å². The van der Waals surface area contributed by atoms with Gasteiger partial charge in [0, 0.05) is 37.9 Å². The van der Waals surface area contributed by atoms with Crippen LogP contribution in [-0.4, -0.2) is 21.1 Å². The number of hydrogen-bond donors (Lipinski definition) is 1. The highest BCUT2D eigenvalue weighted by atomic mass is 35.5. The molecule has 2 heterocycles. The van der Waals surface area contributed by atoms with Crippen molar-refractivity contribution in [2.45, 2.75) is 6.54 Å². The molecule has 2 aromatic rings. The molecule has 0 saturated carbocycles. The third-order valence-electron chi connectivity index (χ3n) is 1.98. The van der Waals surface area contributed by atoms with Gasteiger partial charge >= 0.3 is 0 Å². The number of rotatable bonds is 4. The summed E-state index contributed by atoms with van der Waals surface area (Å²) in [7, 11) is 0. The van der Waals surface area contributed by atoms with Gasteiger partial charge in [0.15, 0.2) is 11.0 Å². The van der Waals surface area contributed by atoms with Gasteiger partial charge in [-0.25, -0.2) is 9.97 Å². The molecule has 15 heavy (non-hydrogen) atoms. The molecule has 0 radical (unpaired) electrons. The normalized spacial score (nSPS) is 10.2. The van der Waals surface area contributed by atoms with Crippen molar-refractivity contribution >= 4 is 17.4 Å². The smallest absolute Gasteiger partial charge is 0.171 e. The van der Waals surface area contributed by atoms with E-state index in [-0.39, 0.29) is 0 Å². The molecule has 0 unspecified atom stereocenters. The van der Waals surface area contributed by atoms with Crippen molar-refractivity contribution in [1.82, 2.24) is 14.5 Å². The van der Waals surface area contributed by atoms with Crippen molar-refractivity contribution in [2.24, 2.45) is 0 Å². The van der Waals surface area contributed by atoms with Crippen molar-refractivity contribution in [3.63, 3.8) is 0 Å². The van der Waals surface area contributed by atoms with Gasteiger partial charge in [-0.1, -0.05) is 11.6 Å². The lowest BCUT2D eigenvalue weighted by atomic mass is 10.5. The van der Waals surface area contributed by atoms with Gasteiger partial charge in [-0.05, 0) is 12.1 Å². The van der Waals surface area contributed by atoms with Gasteiger partial charge < -0.3 is 9.88 Å². The van der Waals surface area contributed by atoms with Crippen LogP contribution in [0, 0.1) is 0 Å². The van der Waals surface area contributed by atoms with Crippen molar-refractivity contribution in [3.8, 4) is 0 Å². The molecule has 1 N–H and O–H groups in total. The summed E-state index contributed by atoms with van der Waals surface area (Å²) in [6.45, 7) is 1.65. The summed E-state index contributed by atoms with van der Waals surface area (Å²) in [6.07, 6.45) is 7.21. The first-order valence-electron chi connectivity index (χ1n) is 4.67. The first-order valence-corrected chi connectivity index (χ1v) is 5.05. The van der Waals surface area contributed by atoms with Gasteiger partial charge in [0.05, 0.1) is 0 Å². The highest BCUT2D eigenvalue weighted by Gasteiger charge is 1.99. The van der Waals surface area contributed by atoms with E-state index in [0.717, 1.165) is 13.1 Å². The minimum absolute atomic E-state index is 0.407. The fourth-order valence-corrected chi connectivity index (χ4v) is 1.43. The van der Waals surface area contributed by atoms with E-state index in [4.69, 9.17) is 11.6 Å². The van der Waals surface area contributed by atoms with Crippen LogP contribution >= 0.6 is 11.6 Å². The summed E-state index contributed by atoms with van der Waals surface area (Å²) in [4.78, 5) is 8.01. The molecule has 78 valence electrons. The van der Waals surface area contributed by atoms with Crippen LogP contribution in [0.2, 0.25) is 5.15 Å². The molecule has 2 rings (SSSR count). The Labute approximate surface area is 92.9 Å². The highest BCUT2D eigenvalue weighted by Crippen LogP contribution is 2.13. The van der Waals surface area contributed by atoms with Crippen LogP contribution in [0.5, 0.6) is 0 Å². The Morgan fingerprint density at radius 2 is 1.93 bits per heavy atom. The van der Waals surface area contributed by atoms with E-state index in [1.807, 2.05) is 24.5 Å². The Hall–Kier alpha value is -1.55. The Morgan fingerprint density at radius 1 is 1.20 bits per heavy atom. The average molecular weight is 223 g/mol. The van der Waals surface area contributed by atoms with Gasteiger partial charge in [0.1, 0.15) is 0 Å². The summed E-state index contributed by atoms with van der Waals surface area (Å²) in [5.74, 6) is 0.631. The van der Waals surface area contributed by atoms with E-state index in [9.17, 15) is 0 Å². The predicted molar refractivity (Wildman–Crippen MR) is 60.0 cm³/mol. The monoisotopic (exact) mass is 222 g/mol. The second kappa shape index (κ2) is 4.79. The van der Waals surface area contributed by atoms with Gasteiger partial charge in [-0.2, -0.15) is 0 Å². The maximum Gasteiger partial charge on any atom is 0.171 e. The zero-order chi connectivity index (χ0) is 10.5. The molecule has 2 aromatic heterocycles. The molecule has 0 spiro atoms. The molecule has 0 aliphatic rings. The third kappa shape index (κ3) is 2.70. The van der Waals surface area contributed by atoms with Gasteiger partial charge in [0.25, 0.3) is 0 Å². The largest absolute Gasteiger partial charge is 0.366 e. The summed E-state index contributed by atoms with van der Waals surface area (Å²) in [6, 6.07) is 3.99. The summed E-state index contributed by atoms with van der Waals surface area (Å²) < 4.78 is 2.08. The van der Waals surface area contributed by atoms with E-state index < -0.39 is 0 Å². The van der Waals surface area contributed by atoms with Crippen LogP contribution in [0.3, 0.4) is 0 Å². The number of nitrogens with zero attached hydrogens (tertiary/aromatic N) is 3. The van der Waals surface area contributed by atoms with Gasteiger partial charge in [0.2, 0.25) is 0 Å². The zero-order valence-electron chi connectivity index (χ0n) is 8.10. The van der Waals surface area contributed by atoms with Crippen molar-refractivity contribution in [1.29, 1.82) is 0 Å². The minimum Gasteiger partial charge on any atom is -0.366 e. The molecule has 0 aromatic carbocycles. The lowest BCUT2D eigenvalue weighted by molar-refractivity contribution is 0.731. The molecule has 0 bridgehead atoms. The summed E-state index contributed by atoms with van der Waals surface area (Å²) in [5.41, 5.74) is 0. The van der Waals surface area contributed by atoms with E-state index in [1.165, 1.54) is 0 Å². The Bertz CT molecular complexity index is 413. The molecule has 0 aliphatic carbocycles. The summed E-state index contributed by atoms with van der Waals surface area (Å²) in [5, 5.41) is 3.53. The molecule has 5 heteroatoms. The number of anilines is 1. The third-order valence-corrected chi connectivity index (χ3v) is 2.26. The van der Waals surface area contributed by atoms with Crippen molar-refractivity contribution in [3.05, 3.63) is 42.1 Å². The van der Waals surface area contributed by atoms with E-state index in [1.54, 1.807) is 12.4 Å². The minimum atomic E-state index is 0.407. The molecule has 0 saturated heterocycles. The maximum absolute atomic E-state index is 5.84. The van der Waals surface area contributed by atoms with Crippen LogP contribution in [0.25, 0.3) is 0 Å². The lowest BCUT2D eigenvalue weighted by Gasteiger charge is -2.06. The standard InChI is InChI=1S/C10H11ClN4/c11-9-10(13-4-3-12-9)14-5-8-15-6-1-2-7-15/h1-4,6-7H,5,8H2,(H,13,14). The van der Waals surface area contributed by atoms with Crippen LogP contribution < -0.4 is 5.32 Å². The number of aromatic nitrogens is 3. The number of nitrogens with one attached hydrogen (secondary N) is 1.